The minimum atomic E-state index is -0.387. The monoisotopic (exact) mass is 431 g/mol. The highest BCUT2D eigenvalue weighted by molar-refractivity contribution is 9.10. The lowest BCUT2D eigenvalue weighted by Gasteiger charge is -2.07. The van der Waals surface area contributed by atoms with Gasteiger partial charge in [0.05, 0.1) is 6.42 Å². The number of carbonyl (C=O) groups excluding carboxylic acids is 2. The average molecular weight is 432 g/mol. The molecule has 2 N–H and O–H groups in total. The van der Waals surface area contributed by atoms with Crippen molar-refractivity contribution in [3.8, 4) is 5.75 Å². The first-order valence-electron chi connectivity index (χ1n) is 8.54. The van der Waals surface area contributed by atoms with Crippen LogP contribution in [-0.2, 0) is 16.0 Å². The number of hydrogen-bond acceptors (Lipinski definition) is 4. The summed E-state index contributed by atoms with van der Waals surface area (Å²) in [5.41, 5.74) is 4.07. The van der Waals surface area contributed by atoms with E-state index < -0.39 is 0 Å². The number of rotatable bonds is 9. The Morgan fingerprint density at radius 3 is 2.44 bits per heavy atom. The topological polar surface area (TPSA) is 79.8 Å². The average Bonchev–Trinajstić information content (AvgIpc) is 2.67. The van der Waals surface area contributed by atoms with Crippen molar-refractivity contribution in [2.24, 2.45) is 5.10 Å². The molecule has 2 rings (SSSR count). The molecule has 2 aromatic rings. The highest BCUT2D eigenvalue weighted by atomic mass is 79.9. The third kappa shape index (κ3) is 8.50. The molecule has 0 aliphatic heterocycles. The van der Waals surface area contributed by atoms with E-state index in [0.717, 1.165) is 10.9 Å². The van der Waals surface area contributed by atoms with Gasteiger partial charge in [-0.2, -0.15) is 5.10 Å². The number of carbonyl (C=O) groups is 2. The lowest BCUT2D eigenvalue weighted by atomic mass is 10.1. The molecule has 0 fully saturated rings. The third-order valence-electron chi connectivity index (χ3n) is 3.55. The van der Waals surface area contributed by atoms with E-state index in [4.69, 9.17) is 4.74 Å². The molecule has 0 atom stereocenters. The van der Waals surface area contributed by atoms with Crippen LogP contribution in [0.4, 0.5) is 0 Å². The van der Waals surface area contributed by atoms with Crippen LogP contribution in [0.25, 0.3) is 0 Å². The summed E-state index contributed by atoms with van der Waals surface area (Å²) < 4.78 is 6.28. The zero-order chi connectivity index (χ0) is 19.5. The summed E-state index contributed by atoms with van der Waals surface area (Å²) in [4.78, 5) is 23.6. The standard InChI is InChI=1S/C20H22BrN3O3/c1-15(13-19(25)22-12-11-16-5-3-2-4-6-16)23-24-20(26)14-27-18-9-7-17(21)8-10-18/h2-10H,11-14H2,1H3,(H,22,25)(H,24,26)/b23-15-. The quantitative estimate of drug-likeness (QED) is 0.472. The molecule has 27 heavy (non-hydrogen) atoms. The minimum absolute atomic E-state index is 0.128. The summed E-state index contributed by atoms with van der Waals surface area (Å²) in [6.45, 7) is 2.10. The van der Waals surface area contributed by atoms with Gasteiger partial charge in [0.25, 0.3) is 5.91 Å². The van der Waals surface area contributed by atoms with Crippen molar-refractivity contribution < 1.29 is 14.3 Å². The Kier molecular flexibility index (Phi) is 8.51. The van der Waals surface area contributed by atoms with Gasteiger partial charge in [-0.15, -0.1) is 0 Å². The van der Waals surface area contributed by atoms with Crippen LogP contribution < -0.4 is 15.5 Å². The van der Waals surface area contributed by atoms with Gasteiger partial charge in [0.1, 0.15) is 5.75 Å². The van der Waals surface area contributed by atoms with E-state index in [-0.39, 0.29) is 24.8 Å². The molecular formula is C20H22BrN3O3. The summed E-state index contributed by atoms with van der Waals surface area (Å²) in [7, 11) is 0. The molecule has 0 spiro atoms. The number of hydrogen-bond donors (Lipinski definition) is 2. The van der Waals surface area contributed by atoms with Gasteiger partial charge in [-0.1, -0.05) is 46.3 Å². The van der Waals surface area contributed by atoms with Crippen LogP contribution in [0.3, 0.4) is 0 Å². The van der Waals surface area contributed by atoms with Crippen LogP contribution in [0.15, 0.2) is 64.2 Å². The highest BCUT2D eigenvalue weighted by Gasteiger charge is 2.05. The summed E-state index contributed by atoms with van der Waals surface area (Å²) in [5.74, 6) is 0.0705. The Balaban J connectivity index is 1.64. The van der Waals surface area contributed by atoms with Gasteiger partial charge >= 0.3 is 0 Å². The van der Waals surface area contributed by atoms with E-state index in [1.807, 2.05) is 42.5 Å². The maximum Gasteiger partial charge on any atom is 0.277 e. The maximum absolute atomic E-state index is 11.9. The number of amides is 2. The van der Waals surface area contributed by atoms with Crippen molar-refractivity contribution in [1.82, 2.24) is 10.7 Å². The Labute approximate surface area is 167 Å². The first-order valence-corrected chi connectivity index (χ1v) is 9.33. The lowest BCUT2D eigenvalue weighted by Crippen LogP contribution is -2.29. The van der Waals surface area contributed by atoms with Crippen molar-refractivity contribution in [2.75, 3.05) is 13.2 Å². The zero-order valence-corrected chi connectivity index (χ0v) is 16.7. The van der Waals surface area contributed by atoms with E-state index in [1.54, 1.807) is 19.1 Å². The van der Waals surface area contributed by atoms with Crippen molar-refractivity contribution >= 4 is 33.5 Å². The van der Waals surface area contributed by atoms with Crippen LogP contribution in [0.5, 0.6) is 5.75 Å². The molecule has 6 nitrogen and oxygen atoms in total. The first kappa shape index (κ1) is 20.6. The van der Waals surface area contributed by atoms with Crippen LogP contribution in [-0.4, -0.2) is 30.7 Å². The second-order valence-electron chi connectivity index (χ2n) is 5.89. The SMILES string of the molecule is C/C(CC(=O)NCCc1ccccc1)=N/NC(=O)COc1ccc(Br)cc1. The molecular weight excluding hydrogens is 410 g/mol. The molecule has 2 amide bonds. The van der Waals surface area contributed by atoms with Gasteiger partial charge in [-0.3, -0.25) is 9.59 Å². The molecule has 0 aliphatic rings. The minimum Gasteiger partial charge on any atom is -0.484 e. The summed E-state index contributed by atoms with van der Waals surface area (Å²) in [6, 6.07) is 17.1. The van der Waals surface area contributed by atoms with Crippen LogP contribution in [0.1, 0.15) is 18.9 Å². The zero-order valence-electron chi connectivity index (χ0n) is 15.1. The van der Waals surface area contributed by atoms with Gasteiger partial charge in [-0.25, -0.2) is 5.43 Å². The summed E-state index contributed by atoms with van der Waals surface area (Å²) in [5, 5.41) is 6.77. The molecule has 2 aromatic carbocycles. The Hall–Kier alpha value is -2.67. The number of ether oxygens (including phenoxy) is 1. The van der Waals surface area contributed by atoms with Crippen LogP contribution >= 0.6 is 15.9 Å². The van der Waals surface area contributed by atoms with Gasteiger partial charge in [0.15, 0.2) is 6.61 Å². The van der Waals surface area contributed by atoms with Crippen molar-refractivity contribution in [3.05, 3.63) is 64.6 Å². The van der Waals surface area contributed by atoms with E-state index in [2.05, 4.69) is 31.8 Å². The second kappa shape index (κ2) is 11.1. The highest BCUT2D eigenvalue weighted by Crippen LogP contribution is 2.15. The molecule has 0 unspecified atom stereocenters. The van der Waals surface area contributed by atoms with Gasteiger partial charge < -0.3 is 10.1 Å². The number of nitrogens with zero attached hydrogens (tertiary/aromatic N) is 1. The molecule has 0 aromatic heterocycles. The summed E-state index contributed by atoms with van der Waals surface area (Å²) >= 11 is 3.33. The van der Waals surface area contributed by atoms with Gasteiger partial charge in [0, 0.05) is 16.7 Å². The molecule has 0 radical (unpaired) electrons. The van der Waals surface area contributed by atoms with E-state index in [0.29, 0.717) is 18.0 Å². The Morgan fingerprint density at radius 1 is 1.04 bits per heavy atom. The number of hydrazone groups is 1. The molecule has 0 saturated heterocycles. The molecule has 0 aliphatic carbocycles. The van der Waals surface area contributed by atoms with E-state index in [9.17, 15) is 9.59 Å². The van der Waals surface area contributed by atoms with Crippen molar-refractivity contribution in [1.29, 1.82) is 0 Å². The summed E-state index contributed by atoms with van der Waals surface area (Å²) in [6.07, 6.45) is 0.898. The lowest BCUT2D eigenvalue weighted by molar-refractivity contribution is -0.123. The fraction of sp³-hybridized carbons (Fsp3) is 0.250. The van der Waals surface area contributed by atoms with E-state index >= 15 is 0 Å². The smallest absolute Gasteiger partial charge is 0.277 e. The molecule has 7 heteroatoms. The second-order valence-corrected chi connectivity index (χ2v) is 6.80. The Morgan fingerprint density at radius 2 is 1.74 bits per heavy atom. The maximum atomic E-state index is 11.9. The van der Waals surface area contributed by atoms with Crippen LogP contribution in [0, 0.1) is 0 Å². The number of nitrogens with one attached hydrogen (secondary N) is 2. The molecule has 0 bridgehead atoms. The van der Waals surface area contributed by atoms with Gasteiger partial charge in [0.2, 0.25) is 5.91 Å². The molecule has 0 heterocycles. The number of halogens is 1. The third-order valence-corrected chi connectivity index (χ3v) is 4.08. The largest absolute Gasteiger partial charge is 0.484 e. The first-order chi connectivity index (χ1) is 13.0. The van der Waals surface area contributed by atoms with Crippen LogP contribution in [0.2, 0.25) is 0 Å². The van der Waals surface area contributed by atoms with Gasteiger partial charge in [-0.05, 0) is 43.2 Å². The predicted molar refractivity (Wildman–Crippen MR) is 109 cm³/mol. The number of benzene rings is 2. The fourth-order valence-electron chi connectivity index (χ4n) is 2.20. The normalized spacial score (nSPS) is 11.0. The van der Waals surface area contributed by atoms with Crippen molar-refractivity contribution in [3.63, 3.8) is 0 Å². The molecule has 142 valence electrons. The van der Waals surface area contributed by atoms with Crippen molar-refractivity contribution in [2.45, 2.75) is 19.8 Å². The Bertz CT molecular complexity index is 777. The van der Waals surface area contributed by atoms with E-state index in [1.165, 1.54) is 5.56 Å². The fourth-order valence-corrected chi connectivity index (χ4v) is 2.46. The predicted octanol–water partition coefficient (Wildman–Crippen LogP) is 3.07. The molecule has 0 saturated carbocycles.